The van der Waals surface area contributed by atoms with Crippen LogP contribution in [0.5, 0.6) is 0 Å². The molecular weight excluding hydrogens is 378 g/mol. The third-order valence-corrected chi connectivity index (χ3v) is 5.36. The van der Waals surface area contributed by atoms with E-state index in [1.807, 2.05) is 66.5 Å². The predicted octanol–water partition coefficient (Wildman–Crippen LogP) is 6.62. The van der Waals surface area contributed by atoms with Crippen molar-refractivity contribution in [1.29, 1.82) is 0 Å². The lowest BCUT2D eigenvalue weighted by Gasteiger charge is -2.13. The van der Waals surface area contributed by atoms with E-state index in [1.165, 1.54) is 0 Å². The minimum atomic E-state index is 0.718. The van der Waals surface area contributed by atoms with Crippen LogP contribution in [0.2, 0.25) is 5.02 Å². The van der Waals surface area contributed by atoms with E-state index in [1.54, 1.807) is 0 Å². The Kier molecular flexibility index (Phi) is 4.38. The molecule has 140 valence electrons. The van der Waals surface area contributed by atoms with Crippen molar-refractivity contribution >= 4 is 22.5 Å². The summed E-state index contributed by atoms with van der Waals surface area (Å²) >= 11 is 6.13. The summed E-state index contributed by atoms with van der Waals surface area (Å²) in [6.07, 6.45) is 1.86. The van der Waals surface area contributed by atoms with Crippen molar-refractivity contribution in [3.05, 3.63) is 96.1 Å². The third kappa shape index (κ3) is 3.10. The number of hydrogen-bond acceptors (Lipinski definition) is 2. The number of fused-ring (bicyclic) bond motifs is 1. The van der Waals surface area contributed by atoms with Gasteiger partial charge in [-0.1, -0.05) is 84.4 Å². The molecule has 0 fully saturated rings. The molecule has 0 bridgehead atoms. The molecule has 4 heteroatoms. The van der Waals surface area contributed by atoms with Crippen molar-refractivity contribution in [2.24, 2.45) is 7.05 Å². The van der Waals surface area contributed by atoms with Crippen LogP contribution >= 0.6 is 11.6 Å². The van der Waals surface area contributed by atoms with E-state index in [4.69, 9.17) is 21.7 Å². The summed E-state index contributed by atoms with van der Waals surface area (Å²) in [6, 6.07) is 28.6. The van der Waals surface area contributed by atoms with Crippen LogP contribution in [0.3, 0.4) is 0 Å². The monoisotopic (exact) mass is 395 g/mol. The van der Waals surface area contributed by atoms with Gasteiger partial charge in [0.2, 0.25) is 0 Å². The zero-order valence-corrected chi connectivity index (χ0v) is 16.6. The fourth-order valence-electron chi connectivity index (χ4n) is 3.83. The highest BCUT2D eigenvalue weighted by molar-refractivity contribution is 6.30. The molecule has 0 radical (unpaired) electrons. The Hall–Kier alpha value is -3.43. The second-order valence-electron chi connectivity index (χ2n) is 6.95. The molecule has 0 unspecified atom stereocenters. The minimum absolute atomic E-state index is 0.718. The fraction of sp³-hybridized carbons (Fsp3) is 0.0400. The van der Waals surface area contributed by atoms with Gasteiger partial charge in [-0.2, -0.15) is 5.10 Å². The molecule has 5 aromatic rings. The minimum Gasteiger partial charge on any atom is -0.267 e. The van der Waals surface area contributed by atoms with E-state index in [9.17, 15) is 0 Å². The van der Waals surface area contributed by atoms with Crippen molar-refractivity contribution in [3.63, 3.8) is 0 Å². The topological polar surface area (TPSA) is 30.7 Å². The highest BCUT2D eigenvalue weighted by atomic mass is 35.5. The Bertz CT molecular complexity index is 1290. The van der Waals surface area contributed by atoms with Crippen molar-refractivity contribution in [3.8, 4) is 33.6 Å². The van der Waals surface area contributed by atoms with Gasteiger partial charge in [-0.05, 0) is 17.7 Å². The van der Waals surface area contributed by atoms with Crippen molar-refractivity contribution < 1.29 is 0 Å². The molecule has 0 amide bonds. The molecule has 0 saturated heterocycles. The Morgan fingerprint density at radius 3 is 2.00 bits per heavy atom. The summed E-state index contributed by atoms with van der Waals surface area (Å²) in [6.45, 7) is 0. The normalized spacial score (nSPS) is 11.1. The molecule has 2 heterocycles. The molecule has 0 saturated carbocycles. The molecule has 0 aliphatic heterocycles. The highest BCUT2D eigenvalue weighted by Gasteiger charge is 2.20. The summed E-state index contributed by atoms with van der Waals surface area (Å²) in [7, 11) is 1.97. The van der Waals surface area contributed by atoms with Crippen LogP contribution in [0.25, 0.3) is 44.5 Å². The number of benzene rings is 3. The largest absolute Gasteiger partial charge is 0.267 e. The summed E-state index contributed by atoms with van der Waals surface area (Å²) in [5.41, 5.74) is 7.24. The second kappa shape index (κ2) is 7.19. The summed E-state index contributed by atoms with van der Waals surface area (Å²) < 4.78 is 1.93. The summed E-state index contributed by atoms with van der Waals surface area (Å²) in [5.74, 6) is 0. The first-order valence-corrected chi connectivity index (χ1v) is 9.82. The van der Waals surface area contributed by atoms with Gasteiger partial charge in [0, 0.05) is 34.1 Å². The molecule has 0 aliphatic rings. The van der Waals surface area contributed by atoms with E-state index < -0.39 is 0 Å². The van der Waals surface area contributed by atoms with Gasteiger partial charge in [-0.25, -0.2) is 0 Å². The number of halogens is 1. The van der Waals surface area contributed by atoms with Gasteiger partial charge in [-0.15, -0.1) is 0 Å². The van der Waals surface area contributed by atoms with Crippen LogP contribution in [0.15, 0.2) is 91.1 Å². The lowest BCUT2D eigenvalue weighted by molar-refractivity contribution is 0.787. The van der Waals surface area contributed by atoms with Gasteiger partial charge in [0.25, 0.3) is 0 Å². The number of rotatable bonds is 3. The van der Waals surface area contributed by atoms with E-state index in [2.05, 4.69) is 36.4 Å². The van der Waals surface area contributed by atoms with E-state index in [-0.39, 0.29) is 0 Å². The Morgan fingerprint density at radius 2 is 1.34 bits per heavy atom. The average molecular weight is 396 g/mol. The third-order valence-electron chi connectivity index (χ3n) is 5.10. The summed E-state index contributed by atoms with van der Waals surface area (Å²) in [4.78, 5) is 4.82. The first-order valence-electron chi connectivity index (χ1n) is 9.45. The zero-order valence-electron chi connectivity index (χ0n) is 15.9. The van der Waals surface area contributed by atoms with Gasteiger partial charge < -0.3 is 0 Å². The molecule has 0 spiro atoms. The maximum absolute atomic E-state index is 6.13. The van der Waals surface area contributed by atoms with Crippen molar-refractivity contribution in [2.75, 3.05) is 0 Å². The number of hydrogen-bond donors (Lipinski definition) is 0. The standard InChI is InChI=1S/C25H18ClN3/c1-29-25(19-12-14-20(26)15-13-19)23-21(28-29)16-27-24(18-10-6-3-7-11-18)22(23)17-8-4-2-5-9-17/h2-16H,1H3. The van der Waals surface area contributed by atoms with Crippen LogP contribution < -0.4 is 0 Å². The molecule has 29 heavy (non-hydrogen) atoms. The zero-order chi connectivity index (χ0) is 19.8. The lowest BCUT2D eigenvalue weighted by atomic mass is 9.94. The summed E-state index contributed by atoms with van der Waals surface area (Å²) in [5, 5.41) is 6.56. The molecule has 3 aromatic carbocycles. The molecule has 0 atom stereocenters. The van der Waals surface area contributed by atoms with Gasteiger partial charge in [-0.3, -0.25) is 9.67 Å². The Balaban J connectivity index is 1.91. The fourth-order valence-corrected chi connectivity index (χ4v) is 3.96. The van der Waals surface area contributed by atoms with E-state index in [0.717, 1.165) is 49.6 Å². The molecule has 5 rings (SSSR count). The quantitative estimate of drug-likeness (QED) is 0.343. The van der Waals surface area contributed by atoms with Crippen LogP contribution in [-0.4, -0.2) is 14.8 Å². The second-order valence-corrected chi connectivity index (χ2v) is 7.39. The van der Waals surface area contributed by atoms with Gasteiger partial charge >= 0.3 is 0 Å². The molecule has 3 nitrogen and oxygen atoms in total. The maximum Gasteiger partial charge on any atom is 0.112 e. The van der Waals surface area contributed by atoms with Crippen molar-refractivity contribution in [1.82, 2.24) is 14.8 Å². The number of nitrogens with zero attached hydrogens (tertiary/aromatic N) is 3. The molecule has 0 N–H and O–H groups in total. The van der Waals surface area contributed by atoms with Crippen LogP contribution in [0.4, 0.5) is 0 Å². The number of pyridine rings is 1. The van der Waals surface area contributed by atoms with Gasteiger partial charge in [0.1, 0.15) is 5.52 Å². The smallest absolute Gasteiger partial charge is 0.112 e. The maximum atomic E-state index is 6.13. The van der Waals surface area contributed by atoms with Crippen LogP contribution in [0, 0.1) is 0 Å². The highest BCUT2D eigenvalue weighted by Crippen LogP contribution is 2.41. The average Bonchev–Trinajstić information content (AvgIpc) is 3.11. The molecule has 0 aliphatic carbocycles. The molecular formula is C25H18ClN3. The number of aryl methyl sites for hydroxylation is 1. The van der Waals surface area contributed by atoms with E-state index in [0.29, 0.717) is 0 Å². The first-order chi connectivity index (χ1) is 14.2. The predicted molar refractivity (Wildman–Crippen MR) is 120 cm³/mol. The SMILES string of the molecule is Cn1nc2cnc(-c3ccccc3)c(-c3ccccc3)c2c1-c1ccc(Cl)cc1. The van der Waals surface area contributed by atoms with Crippen molar-refractivity contribution in [2.45, 2.75) is 0 Å². The van der Waals surface area contributed by atoms with Crippen LogP contribution in [-0.2, 0) is 7.05 Å². The van der Waals surface area contributed by atoms with Gasteiger partial charge in [0.15, 0.2) is 0 Å². The first kappa shape index (κ1) is 17.7. The number of aromatic nitrogens is 3. The van der Waals surface area contributed by atoms with Crippen LogP contribution in [0.1, 0.15) is 0 Å². The van der Waals surface area contributed by atoms with Gasteiger partial charge in [0.05, 0.1) is 17.6 Å². The molecule has 2 aromatic heterocycles. The Labute approximate surface area is 174 Å². The Morgan fingerprint density at radius 1 is 0.724 bits per heavy atom. The lowest BCUT2D eigenvalue weighted by Crippen LogP contribution is -1.94. The van der Waals surface area contributed by atoms with E-state index >= 15 is 0 Å².